The molecule has 1 aromatic rings. The number of pyridine rings is 1. The molecule has 0 aliphatic rings. The third kappa shape index (κ3) is 2.45. The predicted octanol–water partition coefficient (Wildman–Crippen LogP) is 2.51. The van der Waals surface area contributed by atoms with Crippen molar-refractivity contribution in [2.24, 2.45) is 11.7 Å². The van der Waals surface area contributed by atoms with Crippen LogP contribution in [0.5, 0.6) is 5.75 Å². The summed E-state index contributed by atoms with van der Waals surface area (Å²) in [6.45, 7) is 4.15. The molecule has 1 aromatic heterocycles. The molecule has 0 saturated carbocycles. The highest BCUT2D eigenvalue weighted by Gasteiger charge is 2.13. The minimum atomic E-state index is -0.0304. The molecule has 0 fully saturated rings. The maximum atomic E-state index is 5.97. The number of aromatic nitrogens is 1. The summed E-state index contributed by atoms with van der Waals surface area (Å²) in [4.78, 5) is 4.33. The van der Waals surface area contributed by atoms with Gasteiger partial charge in [0.25, 0.3) is 0 Å². The first-order valence-electron chi connectivity index (χ1n) is 4.52. The van der Waals surface area contributed by atoms with Gasteiger partial charge in [-0.2, -0.15) is 0 Å². The molecule has 4 heteroatoms. The van der Waals surface area contributed by atoms with Crippen molar-refractivity contribution >= 4 is 15.9 Å². The smallest absolute Gasteiger partial charge is 0.151 e. The molecule has 0 aliphatic carbocycles. The lowest BCUT2D eigenvalue weighted by atomic mass is 10.0. The molecule has 2 N–H and O–H groups in total. The summed E-state index contributed by atoms with van der Waals surface area (Å²) in [6.07, 6.45) is 0. The number of methoxy groups -OCH3 is 1. The molecular weight excluding hydrogens is 244 g/mol. The van der Waals surface area contributed by atoms with E-state index in [0.29, 0.717) is 10.5 Å². The van der Waals surface area contributed by atoms with E-state index < -0.39 is 0 Å². The van der Waals surface area contributed by atoms with Crippen molar-refractivity contribution in [3.05, 3.63) is 22.4 Å². The fraction of sp³-hybridized carbons (Fsp3) is 0.500. The van der Waals surface area contributed by atoms with Crippen LogP contribution >= 0.6 is 15.9 Å². The Balaban J connectivity index is 2.96. The van der Waals surface area contributed by atoms with Crippen LogP contribution in [0.25, 0.3) is 0 Å². The summed E-state index contributed by atoms with van der Waals surface area (Å²) < 4.78 is 5.79. The van der Waals surface area contributed by atoms with Crippen LogP contribution in [0.4, 0.5) is 0 Å². The lowest BCUT2D eigenvalue weighted by Gasteiger charge is -2.15. The van der Waals surface area contributed by atoms with E-state index in [4.69, 9.17) is 10.5 Å². The van der Waals surface area contributed by atoms with Crippen LogP contribution in [0.3, 0.4) is 0 Å². The third-order valence-corrected chi connectivity index (χ3v) is 2.68. The Hall–Kier alpha value is -0.610. The number of ether oxygens (including phenoxy) is 1. The predicted molar refractivity (Wildman–Crippen MR) is 60.3 cm³/mol. The second kappa shape index (κ2) is 4.75. The zero-order valence-corrected chi connectivity index (χ0v) is 10.2. The first-order valence-corrected chi connectivity index (χ1v) is 5.31. The Morgan fingerprint density at radius 3 is 2.50 bits per heavy atom. The van der Waals surface area contributed by atoms with E-state index in [0.717, 1.165) is 11.4 Å². The van der Waals surface area contributed by atoms with Gasteiger partial charge in [0.05, 0.1) is 12.8 Å². The van der Waals surface area contributed by atoms with Crippen LogP contribution in [-0.2, 0) is 0 Å². The molecule has 0 saturated heterocycles. The Morgan fingerprint density at radius 1 is 1.43 bits per heavy atom. The van der Waals surface area contributed by atoms with Crippen LogP contribution in [0.1, 0.15) is 25.6 Å². The fourth-order valence-electron chi connectivity index (χ4n) is 1.11. The highest BCUT2D eigenvalue weighted by Crippen LogP contribution is 2.25. The van der Waals surface area contributed by atoms with E-state index in [1.54, 1.807) is 7.11 Å². The van der Waals surface area contributed by atoms with Crippen molar-refractivity contribution in [1.29, 1.82) is 0 Å². The minimum absolute atomic E-state index is 0.0304. The van der Waals surface area contributed by atoms with Crippen LogP contribution < -0.4 is 10.5 Å². The maximum Gasteiger partial charge on any atom is 0.151 e. The summed E-state index contributed by atoms with van der Waals surface area (Å²) in [5.74, 6) is 1.10. The van der Waals surface area contributed by atoms with Gasteiger partial charge in [0.15, 0.2) is 5.75 Å². The molecule has 0 aliphatic heterocycles. The van der Waals surface area contributed by atoms with Gasteiger partial charge in [0.1, 0.15) is 4.60 Å². The molecule has 1 rings (SSSR count). The SMILES string of the molecule is COc1ccc([C@H](N)C(C)C)nc1Br. The summed E-state index contributed by atoms with van der Waals surface area (Å²) in [5.41, 5.74) is 6.86. The third-order valence-electron chi connectivity index (χ3n) is 2.12. The van der Waals surface area contributed by atoms with E-state index >= 15 is 0 Å². The number of nitrogens with two attached hydrogens (primary N) is 1. The van der Waals surface area contributed by atoms with Crippen molar-refractivity contribution in [3.63, 3.8) is 0 Å². The van der Waals surface area contributed by atoms with Crippen LogP contribution in [0.2, 0.25) is 0 Å². The minimum Gasteiger partial charge on any atom is -0.494 e. The molecule has 3 nitrogen and oxygen atoms in total. The fourth-order valence-corrected chi connectivity index (χ4v) is 1.61. The monoisotopic (exact) mass is 258 g/mol. The Morgan fingerprint density at radius 2 is 2.07 bits per heavy atom. The Labute approximate surface area is 92.8 Å². The molecule has 1 heterocycles. The maximum absolute atomic E-state index is 5.97. The molecule has 0 radical (unpaired) electrons. The topological polar surface area (TPSA) is 48.1 Å². The Bertz CT molecular complexity index is 315. The second-order valence-electron chi connectivity index (χ2n) is 3.50. The number of nitrogens with zero attached hydrogens (tertiary/aromatic N) is 1. The van der Waals surface area contributed by atoms with Crippen molar-refractivity contribution in [1.82, 2.24) is 4.98 Å². The largest absolute Gasteiger partial charge is 0.494 e. The van der Waals surface area contributed by atoms with Gasteiger partial charge in [-0.1, -0.05) is 13.8 Å². The van der Waals surface area contributed by atoms with Gasteiger partial charge in [-0.25, -0.2) is 4.98 Å². The highest BCUT2D eigenvalue weighted by molar-refractivity contribution is 9.10. The standard InChI is InChI=1S/C10H15BrN2O/c1-6(2)9(12)7-4-5-8(14-3)10(11)13-7/h4-6,9H,12H2,1-3H3/t9-/m1/s1. The van der Waals surface area contributed by atoms with Gasteiger partial charge in [0, 0.05) is 6.04 Å². The van der Waals surface area contributed by atoms with Crippen molar-refractivity contribution < 1.29 is 4.74 Å². The second-order valence-corrected chi connectivity index (χ2v) is 4.25. The normalized spacial score (nSPS) is 13.0. The summed E-state index contributed by atoms with van der Waals surface area (Å²) >= 11 is 3.33. The first-order chi connectivity index (χ1) is 6.56. The van der Waals surface area contributed by atoms with E-state index in [1.165, 1.54) is 0 Å². The molecule has 14 heavy (non-hydrogen) atoms. The van der Waals surface area contributed by atoms with Gasteiger partial charge < -0.3 is 10.5 Å². The number of rotatable bonds is 3. The van der Waals surface area contributed by atoms with E-state index in [9.17, 15) is 0 Å². The van der Waals surface area contributed by atoms with Gasteiger partial charge in [0.2, 0.25) is 0 Å². The molecule has 78 valence electrons. The van der Waals surface area contributed by atoms with Crippen molar-refractivity contribution in [2.75, 3.05) is 7.11 Å². The Kier molecular flexibility index (Phi) is 3.89. The van der Waals surface area contributed by atoms with Crippen LogP contribution in [0, 0.1) is 5.92 Å². The molecule has 0 aromatic carbocycles. The summed E-state index contributed by atoms with van der Waals surface area (Å²) in [5, 5.41) is 0. The van der Waals surface area contributed by atoms with Gasteiger partial charge in [-0.3, -0.25) is 0 Å². The average molecular weight is 259 g/mol. The molecule has 0 spiro atoms. The number of hydrogen-bond donors (Lipinski definition) is 1. The van der Waals surface area contributed by atoms with Crippen molar-refractivity contribution in [2.45, 2.75) is 19.9 Å². The molecule has 1 atom stereocenters. The summed E-state index contributed by atoms with van der Waals surface area (Å²) in [7, 11) is 1.61. The average Bonchev–Trinajstić information content (AvgIpc) is 2.16. The van der Waals surface area contributed by atoms with Gasteiger partial charge in [-0.15, -0.1) is 0 Å². The first kappa shape index (κ1) is 11.5. The summed E-state index contributed by atoms with van der Waals surface area (Å²) in [6, 6.07) is 3.74. The lowest BCUT2D eigenvalue weighted by molar-refractivity contribution is 0.408. The molecule has 0 bridgehead atoms. The van der Waals surface area contributed by atoms with E-state index in [1.807, 2.05) is 12.1 Å². The van der Waals surface area contributed by atoms with Crippen molar-refractivity contribution in [3.8, 4) is 5.75 Å². The van der Waals surface area contributed by atoms with Crippen LogP contribution in [-0.4, -0.2) is 12.1 Å². The molecule has 0 amide bonds. The van der Waals surface area contributed by atoms with Gasteiger partial charge in [-0.05, 0) is 34.0 Å². The van der Waals surface area contributed by atoms with Crippen LogP contribution in [0.15, 0.2) is 16.7 Å². The van der Waals surface area contributed by atoms with E-state index in [2.05, 4.69) is 34.8 Å². The lowest BCUT2D eigenvalue weighted by Crippen LogP contribution is -2.18. The van der Waals surface area contributed by atoms with E-state index in [-0.39, 0.29) is 6.04 Å². The van der Waals surface area contributed by atoms with Gasteiger partial charge >= 0.3 is 0 Å². The number of halogens is 1. The molecule has 0 unspecified atom stereocenters. The number of hydrogen-bond acceptors (Lipinski definition) is 3. The molecular formula is C10H15BrN2O. The quantitative estimate of drug-likeness (QED) is 0.848. The highest BCUT2D eigenvalue weighted by atomic mass is 79.9. The zero-order chi connectivity index (χ0) is 10.7. The zero-order valence-electron chi connectivity index (χ0n) is 8.62.